The number of aromatic nitrogens is 1. The Hall–Kier alpha value is -3.79. The van der Waals surface area contributed by atoms with E-state index in [-0.39, 0.29) is 29.1 Å². The summed E-state index contributed by atoms with van der Waals surface area (Å²) in [5.74, 6) is -1.62. The van der Waals surface area contributed by atoms with Crippen molar-refractivity contribution < 1.29 is 33.7 Å². The first kappa shape index (κ1) is 25.8. The van der Waals surface area contributed by atoms with E-state index < -0.39 is 23.7 Å². The minimum absolute atomic E-state index is 0.0954. The summed E-state index contributed by atoms with van der Waals surface area (Å²) in [6, 6.07) is 4.14. The van der Waals surface area contributed by atoms with Gasteiger partial charge >= 0.3 is 5.97 Å². The molecule has 1 fully saturated rings. The van der Waals surface area contributed by atoms with Crippen LogP contribution in [0.3, 0.4) is 0 Å². The molecule has 35 heavy (non-hydrogen) atoms. The molecule has 1 saturated heterocycles. The molecule has 2 aromatic rings. The summed E-state index contributed by atoms with van der Waals surface area (Å²) >= 11 is 0. The van der Waals surface area contributed by atoms with Crippen molar-refractivity contribution in [3.8, 4) is 11.5 Å². The van der Waals surface area contributed by atoms with Crippen LogP contribution in [0, 0.1) is 13.8 Å². The van der Waals surface area contributed by atoms with Crippen molar-refractivity contribution in [2.45, 2.75) is 19.9 Å². The van der Waals surface area contributed by atoms with Crippen LogP contribution >= 0.6 is 0 Å². The van der Waals surface area contributed by atoms with Crippen LogP contribution in [0.15, 0.2) is 23.8 Å². The number of benzene rings is 1. The maximum atomic E-state index is 13.3. The number of carbonyl (C=O) groups excluding carboxylic acids is 3. The van der Waals surface area contributed by atoms with Gasteiger partial charge in [-0.2, -0.15) is 0 Å². The molecule has 0 radical (unpaired) electrons. The second-order valence-corrected chi connectivity index (χ2v) is 8.52. The first-order valence-electron chi connectivity index (χ1n) is 11.0. The molecule has 0 spiro atoms. The number of esters is 1. The summed E-state index contributed by atoms with van der Waals surface area (Å²) in [5.41, 5.74) is 1.68. The van der Waals surface area contributed by atoms with Gasteiger partial charge in [-0.05, 0) is 51.7 Å². The summed E-state index contributed by atoms with van der Waals surface area (Å²) < 4.78 is 15.7. The number of carbonyl (C=O) groups is 3. The minimum Gasteiger partial charge on any atom is -0.507 e. The number of likely N-dealkylation sites (tertiary alicyclic amines) is 1. The maximum Gasteiger partial charge on any atom is 0.354 e. The van der Waals surface area contributed by atoms with E-state index in [0.29, 0.717) is 34.9 Å². The molecule has 1 atom stereocenters. The Morgan fingerprint density at radius 3 is 2.40 bits per heavy atom. The number of methoxy groups -OCH3 is 3. The van der Waals surface area contributed by atoms with E-state index in [9.17, 15) is 19.5 Å². The third-order valence-electron chi connectivity index (χ3n) is 6.12. The monoisotopic (exact) mass is 485 g/mol. The van der Waals surface area contributed by atoms with Gasteiger partial charge in [0.1, 0.15) is 23.0 Å². The molecule has 10 heteroatoms. The molecule has 0 saturated carbocycles. The molecule has 2 heterocycles. The van der Waals surface area contributed by atoms with Gasteiger partial charge in [0.05, 0.1) is 32.9 Å². The zero-order valence-electron chi connectivity index (χ0n) is 21.0. The van der Waals surface area contributed by atoms with Gasteiger partial charge in [0, 0.05) is 29.9 Å². The Kier molecular flexibility index (Phi) is 7.54. The molecule has 0 bridgehead atoms. The molecule has 0 aliphatic carbocycles. The van der Waals surface area contributed by atoms with Crippen molar-refractivity contribution in [1.29, 1.82) is 0 Å². The number of aliphatic hydroxyl groups excluding tert-OH is 1. The molecule has 3 rings (SSSR count). The maximum absolute atomic E-state index is 13.3. The lowest BCUT2D eigenvalue weighted by atomic mass is 9.93. The molecule has 2 N–H and O–H groups in total. The van der Waals surface area contributed by atoms with Crippen molar-refractivity contribution >= 4 is 23.4 Å². The number of amides is 1. The van der Waals surface area contributed by atoms with Gasteiger partial charge in [0.15, 0.2) is 0 Å². The van der Waals surface area contributed by atoms with Crippen LogP contribution in [0.4, 0.5) is 0 Å². The number of ether oxygens (including phenoxy) is 3. The number of aryl methyl sites for hydroxylation is 1. The van der Waals surface area contributed by atoms with Crippen LogP contribution in [0.25, 0.3) is 5.76 Å². The molecule has 188 valence electrons. The summed E-state index contributed by atoms with van der Waals surface area (Å²) in [6.07, 6.45) is 0. The summed E-state index contributed by atoms with van der Waals surface area (Å²) in [6.45, 7) is 4.02. The van der Waals surface area contributed by atoms with E-state index >= 15 is 0 Å². The van der Waals surface area contributed by atoms with Gasteiger partial charge in [-0.25, -0.2) is 4.79 Å². The smallest absolute Gasteiger partial charge is 0.354 e. The quantitative estimate of drug-likeness (QED) is 0.253. The number of ketones is 1. The van der Waals surface area contributed by atoms with Crippen LogP contribution in [0.2, 0.25) is 0 Å². The van der Waals surface area contributed by atoms with Gasteiger partial charge in [0.2, 0.25) is 0 Å². The lowest BCUT2D eigenvalue weighted by molar-refractivity contribution is -0.140. The molecule has 1 amide bonds. The number of H-pyrrole nitrogens is 1. The Labute approximate surface area is 204 Å². The summed E-state index contributed by atoms with van der Waals surface area (Å²) in [5, 5.41) is 11.5. The van der Waals surface area contributed by atoms with Crippen molar-refractivity contribution in [3.63, 3.8) is 0 Å². The molecule has 10 nitrogen and oxygen atoms in total. The fraction of sp³-hybridized carbons (Fsp3) is 0.400. The fourth-order valence-electron chi connectivity index (χ4n) is 4.34. The lowest BCUT2D eigenvalue weighted by Gasteiger charge is -2.28. The molecule has 1 aliphatic rings. The molecule has 1 aromatic heterocycles. The van der Waals surface area contributed by atoms with Crippen LogP contribution in [-0.4, -0.2) is 86.1 Å². The number of aliphatic hydroxyl groups is 1. The third-order valence-corrected chi connectivity index (χ3v) is 6.12. The Morgan fingerprint density at radius 1 is 1.14 bits per heavy atom. The summed E-state index contributed by atoms with van der Waals surface area (Å²) in [4.78, 5) is 44.9. The number of nitrogens with one attached hydrogen (secondary N) is 1. The first-order valence-corrected chi connectivity index (χ1v) is 11.0. The molecule has 0 unspecified atom stereocenters. The van der Waals surface area contributed by atoms with Crippen LogP contribution in [-0.2, 0) is 14.3 Å². The van der Waals surface area contributed by atoms with Gasteiger partial charge in [0.25, 0.3) is 11.7 Å². The highest BCUT2D eigenvalue weighted by Crippen LogP contribution is 2.44. The first-order chi connectivity index (χ1) is 16.6. The zero-order chi connectivity index (χ0) is 26.0. The van der Waals surface area contributed by atoms with E-state index in [0.717, 1.165) is 0 Å². The highest BCUT2D eigenvalue weighted by molar-refractivity contribution is 6.46. The Morgan fingerprint density at radius 2 is 1.83 bits per heavy atom. The standard InChI is InChI=1S/C25H31N3O7/c1-13-18(14(2)26-20(13)25(32)35-7)22(29)19-21(16-12-15(33-5)8-9-17(16)34-6)28(11-10-27(3)4)24(31)23(19)30/h8-9,12,21,26,29H,10-11H2,1-7H3/b22-19+/t21-/m1/s1. The summed E-state index contributed by atoms with van der Waals surface area (Å²) in [7, 11) is 7.97. The van der Waals surface area contributed by atoms with Crippen LogP contribution in [0.5, 0.6) is 11.5 Å². The van der Waals surface area contributed by atoms with Gasteiger partial charge in [-0.3, -0.25) is 9.59 Å². The largest absolute Gasteiger partial charge is 0.507 e. The van der Waals surface area contributed by atoms with E-state index in [1.165, 1.54) is 26.2 Å². The van der Waals surface area contributed by atoms with Gasteiger partial charge in [-0.1, -0.05) is 0 Å². The van der Waals surface area contributed by atoms with E-state index in [4.69, 9.17) is 14.2 Å². The number of Topliss-reactive ketones (excluding diaryl/α,β-unsaturated/α-hetero) is 1. The van der Waals surface area contributed by atoms with Crippen LogP contribution in [0.1, 0.15) is 38.9 Å². The van der Waals surface area contributed by atoms with Gasteiger partial charge < -0.3 is 34.1 Å². The normalized spacial score (nSPS) is 17.3. The van der Waals surface area contributed by atoms with Gasteiger partial charge in [-0.15, -0.1) is 0 Å². The van der Waals surface area contributed by atoms with Crippen molar-refractivity contribution in [2.75, 3.05) is 48.5 Å². The highest BCUT2D eigenvalue weighted by Gasteiger charge is 2.47. The van der Waals surface area contributed by atoms with Crippen molar-refractivity contribution in [2.24, 2.45) is 0 Å². The second kappa shape index (κ2) is 10.2. The zero-order valence-corrected chi connectivity index (χ0v) is 21.0. The van der Waals surface area contributed by atoms with Crippen LogP contribution < -0.4 is 9.47 Å². The number of hydrogen-bond acceptors (Lipinski definition) is 8. The Balaban J connectivity index is 2.31. The number of rotatable bonds is 8. The van der Waals surface area contributed by atoms with E-state index in [2.05, 4.69) is 4.98 Å². The molecular formula is C25H31N3O7. The van der Waals surface area contributed by atoms with Crippen molar-refractivity contribution in [1.82, 2.24) is 14.8 Å². The minimum atomic E-state index is -0.935. The van der Waals surface area contributed by atoms with E-state index in [1.807, 2.05) is 19.0 Å². The number of likely N-dealkylation sites (N-methyl/N-ethyl adjacent to an activating group) is 1. The third kappa shape index (κ3) is 4.61. The van der Waals surface area contributed by atoms with Crippen molar-refractivity contribution in [3.05, 3.63) is 51.9 Å². The average molecular weight is 486 g/mol. The topological polar surface area (TPSA) is 121 Å². The molecule has 1 aliphatic heterocycles. The predicted octanol–water partition coefficient (Wildman–Crippen LogP) is 2.42. The molecular weight excluding hydrogens is 454 g/mol. The fourth-order valence-corrected chi connectivity index (χ4v) is 4.34. The highest BCUT2D eigenvalue weighted by atomic mass is 16.5. The predicted molar refractivity (Wildman–Crippen MR) is 129 cm³/mol. The lowest BCUT2D eigenvalue weighted by Crippen LogP contribution is -2.35. The number of hydrogen-bond donors (Lipinski definition) is 2. The second-order valence-electron chi connectivity index (χ2n) is 8.52. The molecule has 1 aromatic carbocycles. The number of nitrogens with zero attached hydrogens (tertiary/aromatic N) is 2. The SMILES string of the molecule is COC(=O)c1[nH]c(C)c(/C(O)=C2\C(=O)C(=O)N(CCN(C)C)[C@@H]2c2cc(OC)ccc2OC)c1C. The number of aromatic amines is 1. The van der Waals surface area contributed by atoms with E-state index in [1.54, 1.807) is 32.0 Å². The average Bonchev–Trinajstić information content (AvgIpc) is 3.28. The Bertz CT molecular complexity index is 1200.